The van der Waals surface area contributed by atoms with Gasteiger partial charge in [0.1, 0.15) is 5.75 Å². The van der Waals surface area contributed by atoms with Crippen LogP contribution < -0.4 is 10.1 Å². The first-order chi connectivity index (χ1) is 9.49. The second-order valence-corrected chi connectivity index (χ2v) is 6.68. The third kappa shape index (κ3) is 5.10. The molecule has 0 amide bonds. The van der Waals surface area contributed by atoms with E-state index in [1.165, 1.54) is 12.0 Å². The second-order valence-electron chi connectivity index (χ2n) is 5.82. The van der Waals surface area contributed by atoms with E-state index in [-0.39, 0.29) is 0 Å². The van der Waals surface area contributed by atoms with Gasteiger partial charge in [0.15, 0.2) is 0 Å². The first-order valence-electron chi connectivity index (χ1n) is 7.55. The second kappa shape index (κ2) is 8.68. The van der Waals surface area contributed by atoms with E-state index in [1.54, 1.807) is 7.11 Å². The Morgan fingerprint density at radius 2 is 1.95 bits per heavy atom. The zero-order valence-corrected chi connectivity index (χ0v) is 15.0. The average Bonchev–Trinajstić information content (AvgIpc) is 2.42. The lowest BCUT2D eigenvalue weighted by Crippen LogP contribution is -2.37. The number of methoxy groups -OCH3 is 1. The molecule has 0 aromatic heterocycles. The molecule has 1 aromatic carbocycles. The zero-order valence-electron chi connectivity index (χ0n) is 13.4. The van der Waals surface area contributed by atoms with Gasteiger partial charge in [0.25, 0.3) is 0 Å². The van der Waals surface area contributed by atoms with Crippen LogP contribution in [0.2, 0.25) is 0 Å². The quantitative estimate of drug-likeness (QED) is 0.742. The van der Waals surface area contributed by atoms with Gasteiger partial charge >= 0.3 is 0 Å². The standard InChI is InChI=1S/C17H28BrNO/c1-6-9-19-13(4)15(12(2)3)10-14-7-8-17(20-5)16(18)11-14/h7-8,11-13,15,19H,6,9-10H2,1-5H3. The number of rotatable bonds is 8. The summed E-state index contributed by atoms with van der Waals surface area (Å²) in [6.45, 7) is 10.2. The lowest BCUT2D eigenvalue weighted by Gasteiger charge is -2.28. The van der Waals surface area contributed by atoms with Crippen LogP contribution in [0.3, 0.4) is 0 Å². The summed E-state index contributed by atoms with van der Waals surface area (Å²) in [5.41, 5.74) is 1.36. The van der Waals surface area contributed by atoms with E-state index >= 15 is 0 Å². The molecule has 114 valence electrons. The van der Waals surface area contributed by atoms with Crippen LogP contribution in [0.4, 0.5) is 0 Å². The molecule has 0 saturated carbocycles. The maximum absolute atomic E-state index is 5.29. The minimum Gasteiger partial charge on any atom is -0.496 e. The third-order valence-corrected chi connectivity index (χ3v) is 4.52. The lowest BCUT2D eigenvalue weighted by molar-refractivity contribution is 0.289. The number of benzene rings is 1. The number of hydrogen-bond acceptors (Lipinski definition) is 2. The summed E-state index contributed by atoms with van der Waals surface area (Å²) in [6, 6.07) is 6.93. The predicted molar refractivity (Wildman–Crippen MR) is 90.5 cm³/mol. The van der Waals surface area contributed by atoms with Gasteiger partial charge in [-0.2, -0.15) is 0 Å². The summed E-state index contributed by atoms with van der Waals surface area (Å²) >= 11 is 3.57. The van der Waals surface area contributed by atoms with Crippen LogP contribution in [0, 0.1) is 11.8 Å². The summed E-state index contributed by atoms with van der Waals surface area (Å²) in [5, 5.41) is 3.63. The van der Waals surface area contributed by atoms with Crippen molar-refractivity contribution in [3.8, 4) is 5.75 Å². The van der Waals surface area contributed by atoms with E-state index in [0.29, 0.717) is 17.9 Å². The van der Waals surface area contributed by atoms with E-state index in [0.717, 1.165) is 23.2 Å². The number of nitrogens with one attached hydrogen (secondary N) is 1. The van der Waals surface area contributed by atoms with Crippen molar-refractivity contribution in [2.75, 3.05) is 13.7 Å². The molecular formula is C17H28BrNO. The molecule has 0 aliphatic carbocycles. The Kier molecular flexibility index (Phi) is 7.60. The van der Waals surface area contributed by atoms with Gasteiger partial charge in [0, 0.05) is 6.04 Å². The predicted octanol–water partition coefficient (Wildman–Crippen LogP) is 4.66. The summed E-state index contributed by atoms with van der Waals surface area (Å²) < 4.78 is 6.33. The van der Waals surface area contributed by atoms with Crippen LogP contribution in [-0.4, -0.2) is 19.7 Å². The molecule has 0 bridgehead atoms. The Labute approximate surface area is 132 Å². The van der Waals surface area contributed by atoms with Gasteiger partial charge in [-0.15, -0.1) is 0 Å². The van der Waals surface area contributed by atoms with Gasteiger partial charge in [-0.25, -0.2) is 0 Å². The first kappa shape index (κ1) is 17.5. The monoisotopic (exact) mass is 341 g/mol. The normalized spacial score (nSPS) is 14.3. The molecule has 20 heavy (non-hydrogen) atoms. The van der Waals surface area contributed by atoms with Crippen LogP contribution in [0.15, 0.2) is 22.7 Å². The third-order valence-electron chi connectivity index (χ3n) is 3.90. The lowest BCUT2D eigenvalue weighted by atomic mass is 9.84. The van der Waals surface area contributed by atoms with Crippen LogP contribution in [0.5, 0.6) is 5.75 Å². The summed E-state index contributed by atoms with van der Waals surface area (Å²) in [7, 11) is 1.70. The maximum atomic E-state index is 5.29. The van der Waals surface area contributed by atoms with Crippen molar-refractivity contribution >= 4 is 15.9 Å². The van der Waals surface area contributed by atoms with E-state index in [2.05, 4.69) is 61.1 Å². The number of ether oxygens (including phenoxy) is 1. The van der Waals surface area contributed by atoms with E-state index in [9.17, 15) is 0 Å². The van der Waals surface area contributed by atoms with Gasteiger partial charge in [0.2, 0.25) is 0 Å². The highest BCUT2D eigenvalue weighted by molar-refractivity contribution is 9.10. The fraction of sp³-hybridized carbons (Fsp3) is 0.647. The van der Waals surface area contributed by atoms with E-state index in [4.69, 9.17) is 4.74 Å². The van der Waals surface area contributed by atoms with Crippen LogP contribution >= 0.6 is 15.9 Å². The molecular weight excluding hydrogens is 314 g/mol. The van der Waals surface area contributed by atoms with Crippen LogP contribution in [-0.2, 0) is 6.42 Å². The first-order valence-corrected chi connectivity index (χ1v) is 8.34. The van der Waals surface area contributed by atoms with Gasteiger partial charge < -0.3 is 10.1 Å². The Morgan fingerprint density at radius 3 is 2.45 bits per heavy atom. The Bertz CT molecular complexity index is 406. The molecule has 2 atom stereocenters. The van der Waals surface area contributed by atoms with Crippen molar-refractivity contribution in [3.63, 3.8) is 0 Å². The van der Waals surface area contributed by atoms with Gasteiger partial charge in [0.05, 0.1) is 11.6 Å². The van der Waals surface area contributed by atoms with Crippen molar-refractivity contribution in [1.82, 2.24) is 5.32 Å². The molecule has 2 nitrogen and oxygen atoms in total. The fourth-order valence-electron chi connectivity index (χ4n) is 2.62. The van der Waals surface area contributed by atoms with Crippen molar-refractivity contribution in [1.29, 1.82) is 0 Å². The number of halogens is 1. The van der Waals surface area contributed by atoms with Crippen molar-refractivity contribution in [2.45, 2.75) is 46.6 Å². The van der Waals surface area contributed by atoms with Gasteiger partial charge in [-0.05, 0) is 71.8 Å². The fourth-order valence-corrected chi connectivity index (χ4v) is 3.21. The SMILES string of the molecule is CCCNC(C)C(Cc1ccc(OC)c(Br)c1)C(C)C. The largest absolute Gasteiger partial charge is 0.496 e. The molecule has 0 aliphatic rings. The highest BCUT2D eigenvalue weighted by atomic mass is 79.9. The minimum absolute atomic E-state index is 0.538. The van der Waals surface area contributed by atoms with Crippen LogP contribution in [0.1, 0.15) is 39.7 Å². The topological polar surface area (TPSA) is 21.3 Å². The van der Waals surface area contributed by atoms with Gasteiger partial charge in [-0.3, -0.25) is 0 Å². The smallest absolute Gasteiger partial charge is 0.133 e. The Balaban J connectivity index is 2.77. The average molecular weight is 342 g/mol. The number of hydrogen-bond donors (Lipinski definition) is 1. The molecule has 1 aromatic rings. The molecule has 0 fully saturated rings. The molecule has 0 spiro atoms. The highest BCUT2D eigenvalue weighted by Gasteiger charge is 2.21. The van der Waals surface area contributed by atoms with Crippen LogP contribution in [0.25, 0.3) is 0 Å². The zero-order chi connectivity index (χ0) is 15.1. The molecule has 0 heterocycles. The highest BCUT2D eigenvalue weighted by Crippen LogP contribution is 2.28. The Morgan fingerprint density at radius 1 is 1.25 bits per heavy atom. The van der Waals surface area contributed by atoms with Gasteiger partial charge in [-0.1, -0.05) is 26.8 Å². The van der Waals surface area contributed by atoms with Crippen molar-refractivity contribution in [2.24, 2.45) is 11.8 Å². The Hall–Kier alpha value is -0.540. The molecule has 0 radical (unpaired) electrons. The summed E-state index contributed by atoms with van der Waals surface area (Å²) in [6.07, 6.45) is 2.28. The molecule has 3 heteroatoms. The minimum atomic E-state index is 0.538. The van der Waals surface area contributed by atoms with E-state index in [1.807, 2.05) is 6.07 Å². The molecule has 1 N–H and O–H groups in total. The van der Waals surface area contributed by atoms with E-state index < -0.39 is 0 Å². The molecule has 0 aliphatic heterocycles. The molecule has 1 rings (SSSR count). The molecule has 2 unspecified atom stereocenters. The maximum Gasteiger partial charge on any atom is 0.133 e. The van der Waals surface area contributed by atoms with Crippen molar-refractivity contribution in [3.05, 3.63) is 28.2 Å². The van der Waals surface area contributed by atoms with Crippen molar-refractivity contribution < 1.29 is 4.74 Å². The molecule has 0 saturated heterocycles. The summed E-state index contributed by atoms with van der Waals surface area (Å²) in [4.78, 5) is 0. The summed E-state index contributed by atoms with van der Waals surface area (Å²) in [5.74, 6) is 2.20.